The van der Waals surface area contributed by atoms with E-state index in [4.69, 9.17) is 4.74 Å². The average molecular weight is 386 g/mol. The van der Waals surface area contributed by atoms with Crippen LogP contribution in [0.15, 0.2) is 18.2 Å². The predicted molar refractivity (Wildman–Crippen MR) is 97.2 cm³/mol. The molecule has 0 radical (unpaired) electrons. The molecule has 1 aliphatic rings. The lowest BCUT2D eigenvalue weighted by atomic mass is 10.1. The van der Waals surface area contributed by atoms with Gasteiger partial charge in [0.2, 0.25) is 5.91 Å². The molecule has 1 aromatic carbocycles. The van der Waals surface area contributed by atoms with E-state index in [0.29, 0.717) is 12.2 Å². The molecule has 1 saturated heterocycles. The van der Waals surface area contributed by atoms with Gasteiger partial charge in [-0.3, -0.25) is 20.4 Å². The lowest BCUT2D eigenvalue weighted by Crippen LogP contribution is -2.44. The number of sulfone groups is 1. The van der Waals surface area contributed by atoms with Gasteiger partial charge in [-0.15, -0.1) is 11.8 Å². The Morgan fingerprint density at radius 1 is 1.20 bits per heavy atom. The molecule has 1 atom stereocenters. The molecular weight excluding hydrogens is 364 g/mol. The molecule has 0 saturated carbocycles. The van der Waals surface area contributed by atoms with Crippen LogP contribution in [0.3, 0.4) is 0 Å². The Morgan fingerprint density at radius 3 is 2.44 bits per heavy atom. The molecule has 9 heteroatoms. The Bertz CT molecular complexity index is 729. The van der Waals surface area contributed by atoms with Gasteiger partial charge >= 0.3 is 0 Å². The van der Waals surface area contributed by atoms with Crippen LogP contribution in [0.5, 0.6) is 5.75 Å². The summed E-state index contributed by atoms with van der Waals surface area (Å²) in [6.45, 7) is 3.57. The van der Waals surface area contributed by atoms with E-state index in [1.54, 1.807) is 0 Å². The molecular formula is C16H22N2O5S2. The summed E-state index contributed by atoms with van der Waals surface area (Å²) in [7, 11) is -2.95. The summed E-state index contributed by atoms with van der Waals surface area (Å²) in [5, 5.41) is -0.0567. The number of amides is 2. The second kappa shape index (κ2) is 8.57. The average Bonchev–Trinajstić information content (AvgIpc) is 2.89. The molecule has 1 aliphatic heterocycles. The van der Waals surface area contributed by atoms with Crippen molar-refractivity contribution >= 4 is 33.4 Å². The van der Waals surface area contributed by atoms with Crippen molar-refractivity contribution in [3.8, 4) is 5.75 Å². The molecule has 1 heterocycles. The maximum absolute atomic E-state index is 11.8. The molecule has 1 fully saturated rings. The van der Waals surface area contributed by atoms with E-state index in [1.807, 2.05) is 32.0 Å². The van der Waals surface area contributed by atoms with Crippen molar-refractivity contribution in [1.82, 2.24) is 10.9 Å². The number of rotatable bonds is 6. The van der Waals surface area contributed by atoms with Crippen LogP contribution in [0.2, 0.25) is 0 Å². The quantitative estimate of drug-likeness (QED) is 0.700. The number of nitrogens with one attached hydrogen (secondary N) is 2. The van der Waals surface area contributed by atoms with Crippen LogP contribution in [0.25, 0.3) is 0 Å². The summed E-state index contributed by atoms with van der Waals surface area (Å²) in [5.74, 6) is 0.193. The molecule has 25 heavy (non-hydrogen) atoms. The Hall–Kier alpha value is -1.74. The first-order valence-electron chi connectivity index (χ1n) is 7.85. The Morgan fingerprint density at radius 2 is 1.84 bits per heavy atom. The maximum atomic E-state index is 11.8. The lowest BCUT2D eigenvalue weighted by molar-refractivity contribution is -0.128. The molecule has 0 unspecified atom stereocenters. The minimum absolute atomic E-state index is 0.0567. The van der Waals surface area contributed by atoms with Crippen LogP contribution in [0.1, 0.15) is 17.5 Å². The second-order valence-electron chi connectivity index (χ2n) is 5.94. The maximum Gasteiger partial charge on any atom is 0.276 e. The summed E-state index contributed by atoms with van der Waals surface area (Å²) in [4.78, 5) is 23.5. The number of benzene rings is 1. The summed E-state index contributed by atoms with van der Waals surface area (Å²) >= 11 is 1.29. The number of ether oxygens (including phenoxy) is 1. The summed E-state index contributed by atoms with van der Waals surface area (Å²) in [6, 6.07) is 5.69. The van der Waals surface area contributed by atoms with E-state index >= 15 is 0 Å². The van der Waals surface area contributed by atoms with Gasteiger partial charge in [-0.1, -0.05) is 18.2 Å². The zero-order valence-corrected chi connectivity index (χ0v) is 15.8. The van der Waals surface area contributed by atoms with Crippen LogP contribution in [-0.2, 0) is 19.4 Å². The molecule has 0 aromatic heterocycles. The molecule has 1 aromatic rings. The monoisotopic (exact) mass is 386 g/mol. The number of hydrazine groups is 1. The highest BCUT2D eigenvalue weighted by Gasteiger charge is 2.28. The minimum atomic E-state index is -2.95. The Balaban J connectivity index is 1.67. The van der Waals surface area contributed by atoms with E-state index in [-0.39, 0.29) is 35.0 Å². The van der Waals surface area contributed by atoms with Crippen LogP contribution < -0.4 is 15.6 Å². The van der Waals surface area contributed by atoms with Crippen LogP contribution in [-0.4, -0.2) is 49.3 Å². The Kier molecular flexibility index (Phi) is 6.71. The number of hydrogen-bond donors (Lipinski definition) is 2. The van der Waals surface area contributed by atoms with Gasteiger partial charge in [0.25, 0.3) is 5.91 Å². The second-order valence-corrected chi connectivity index (χ2v) is 9.46. The zero-order valence-electron chi connectivity index (χ0n) is 14.2. The third-order valence-electron chi connectivity index (χ3n) is 3.74. The SMILES string of the molecule is Cc1cccc(C)c1OCC(=O)NNC(=O)CS[C@H]1CCS(=O)(=O)C1. The number of hydrogen-bond acceptors (Lipinski definition) is 6. The normalized spacial score (nSPS) is 18.6. The van der Waals surface area contributed by atoms with E-state index < -0.39 is 15.7 Å². The van der Waals surface area contributed by atoms with Gasteiger partial charge in [0.1, 0.15) is 5.75 Å². The molecule has 0 spiro atoms. The van der Waals surface area contributed by atoms with Crippen molar-refractivity contribution < 1.29 is 22.7 Å². The van der Waals surface area contributed by atoms with Gasteiger partial charge in [0.05, 0.1) is 17.3 Å². The van der Waals surface area contributed by atoms with E-state index in [2.05, 4.69) is 10.9 Å². The fraction of sp³-hybridized carbons (Fsp3) is 0.500. The third-order valence-corrected chi connectivity index (χ3v) is 7.02. The van der Waals surface area contributed by atoms with Gasteiger partial charge in [0.15, 0.2) is 16.4 Å². The standard InChI is InChI=1S/C16H22N2O5S2/c1-11-4-3-5-12(2)16(11)23-8-14(19)17-18-15(20)9-24-13-6-7-25(21,22)10-13/h3-5,13H,6-10H2,1-2H3,(H,17,19)(H,18,20)/t13-/m0/s1. The van der Waals surface area contributed by atoms with Crippen LogP contribution in [0, 0.1) is 13.8 Å². The largest absolute Gasteiger partial charge is 0.483 e. The molecule has 0 aliphatic carbocycles. The van der Waals surface area contributed by atoms with Gasteiger partial charge in [-0.2, -0.15) is 0 Å². The van der Waals surface area contributed by atoms with Gasteiger partial charge in [0, 0.05) is 5.25 Å². The number of para-hydroxylation sites is 1. The number of carbonyl (C=O) groups excluding carboxylic acids is 2. The molecule has 0 bridgehead atoms. The van der Waals surface area contributed by atoms with Crippen molar-refractivity contribution in [1.29, 1.82) is 0 Å². The summed E-state index contributed by atoms with van der Waals surface area (Å²) in [6.07, 6.45) is 0.566. The molecule has 7 nitrogen and oxygen atoms in total. The van der Waals surface area contributed by atoms with Crippen LogP contribution in [0.4, 0.5) is 0 Å². The van der Waals surface area contributed by atoms with E-state index in [0.717, 1.165) is 11.1 Å². The van der Waals surface area contributed by atoms with E-state index in [1.165, 1.54) is 11.8 Å². The molecule has 2 rings (SSSR count). The fourth-order valence-corrected chi connectivity index (χ4v) is 5.91. The van der Waals surface area contributed by atoms with Crippen molar-refractivity contribution in [2.75, 3.05) is 23.9 Å². The summed E-state index contributed by atoms with van der Waals surface area (Å²) in [5.41, 5.74) is 6.45. The van der Waals surface area contributed by atoms with Crippen molar-refractivity contribution in [3.05, 3.63) is 29.3 Å². The Labute approximate surface area is 151 Å². The molecule has 138 valence electrons. The number of carbonyl (C=O) groups is 2. The topological polar surface area (TPSA) is 102 Å². The number of aryl methyl sites for hydroxylation is 2. The first-order chi connectivity index (χ1) is 11.8. The summed E-state index contributed by atoms with van der Waals surface area (Å²) < 4.78 is 28.2. The van der Waals surface area contributed by atoms with Gasteiger partial charge in [-0.25, -0.2) is 8.42 Å². The molecule has 2 amide bonds. The molecule has 2 N–H and O–H groups in total. The smallest absolute Gasteiger partial charge is 0.276 e. The highest BCUT2D eigenvalue weighted by atomic mass is 32.2. The highest BCUT2D eigenvalue weighted by molar-refractivity contribution is 8.02. The van der Waals surface area contributed by atoms with Gasteiger partial charge < -0.3 is 4.74 Å². The first kappa shape index (κ1) is 19.6. The van der Waals surface area contributed by atoms with E-state index in [9.17, 15) is 18.0 Å². The van der Waals surface area contributed by atoms with Crippen molar-refractivity contribution in [2.45, 2.75) is 25.5 Å². The fourth-order valence-electron chi connectivity index (χ4n) is 2.46. The van der Waals surface area contributed by atoms with Gasteiger partial charge in [-0.05, 0) is 31.4 Å². The van der Waals surface area contributed by atoms with Crippen molar-refractivity contribution in [2.24, 2.45) is 0 Å². The van der Waals surface area contributed by atoms with Crippen molar-refractivity contribution in [3.63, 3.8) is 0 Å². The van der Waals surface area contributed by atoms with Crippen LogP contribution >= 0.6 is 11.8 Å². The lowest BCUT2D eigenvalue weighted by Gasteiger charge is -2.12. The number of thioether (sulfide) groups is 1. The third kappa shape index (κ3) is 6.24. The highest BCUT2D eigenvalue weighted by Crippen LogP contribution is 2.24. The first-order valence-corrected chi connectivity index (χ1v) is 10.7. The zero-order chi connectivity index (χ0) is 18.4. The minimum Gasteiger partial charge on any atom is -0.483 e. The predicted octanol–water partition coefficient (Wildman–Crippen LogP) is 0.750.